The predicted molar refractivity (Wildman–Crippen MR) is 80.8 cm³/mol. The SMILES string of the molecule is CCC[C@@H]1CNC[C@]1(CCC)c1cccc(OC)c1. The molecule has 1 fully saturated rings. The Hall–Kier alpha value is -1.02. The largest absolute Gasteiger partial charge is 0.497 e. The Balaban J connectivity index is 2.36. The van der Waals surface area contributed by atoms with Gasteiger partial charge < -0.3 is 10.1 Å². The van der Waals surface area contributed by atoms with E-state index in [-0.39, 0.29) is 0 Å². The Morgan fingerprint density at radius 3 is 2.84 bits per heavy atom. The summed E-state index contributed by atoms with van der Waals surface area (Å²) in [5.41, 5.74) is 1.76. The third-order valence-electron chi connectivity index (χ3n) is 4.59. The van der Waals surface area contributed by atoms with Crippen LogP contribution in [0.2, 0.25) is 0 Å². The molecular weight excluding hydrogens is 234 g/mol. The number of rotatable bonds is 6. The van der Waals surface area contributed by atoms with Crippen molar-refractivity contribution in [2.75, 3.05) is 20.2 Å². The highest BCUT2D eigenvalue weighted by Gasteiger charge is 2.42. The van der Waals surface area contributed by atoms with E-state index in [2.05, 4.69) is 37.4 Å². The lowest BCUT2D eigenvalue weighted by Crippen LogP contribution is -2.35. The fourth-order valence-corrected chi connectivity index (χ4v) is 3.69. The summed E-state index contributed by atoms with van der Waals surface area (Å²) in [4.78, 5) is 0. The fraction of sp³-hybridized carbons (Fsp3) is 0.647. The maximum atomic E-state index is 5.41. The molecule has 1 saturated heterocycles. The molecule has 1 aliphatic heterocycles. The molecule has 2 rings (SSSR count). The van der Waals surface area contributed by atoms with Gasteiger partial charge in [0.1, 0.15) is 5.75 Å². The van der Waals surface area contributed by atoms with Gasteiger partial charge in [0.2, 0.25) is 0 Å². The van der Waals surface area contributed by atoms with Crippen molar-refractivity contribution < 1.29 is 4.74 Å². The van der Waals surface area contributed by atoms with Crippen molar-refractivity contribution in [1.29, 1.82) is 0 Å². The molecule has 0 saturated carbocycles. The second kappa shape index (κ2) is 6.42. The monoisotopic (exact) mass is 261 g/mol. The van der Waals surface area contributed by atoms with Crippen LogP contribution in [0.5, 0.6) is 5.75 Å². The molecule has 0 unspecified atom stereocenters. The van der Waals surface area contributed by atoms with Crippen molar-refractivity contribution in [3.05, 3.63) is 29.8 Å². The lowest BCUT2D eigenvalue weighted by molar-refractivity contribution is 0.296. The van der Waals surface area contributed by atoms with E-state index in [1.165, 1.54) is 31.2 Å². The molecule has 0 aromatic heterocycles. The normalized spacial score (nSPS) is 26.6. The van der Waals surface area contributed by atoms with Crippen LogP contribution < -0.4 is 10.1 Å². The summed E-state index contributed by atoms with van der Waals surface area (Å²) >= 11 is 0. The Labute approximate surface area is 117 Å². The lowest BCUT2D eigenvalue weighted by Gasteiger charge is -2.35. The Kier molecular flexibility index (Phi) is 4.87. The van der Waals surface area contributed by atoms with Gasteiger partial charge in [-0.1, -0.05) is 38.8 Å². The molecule has 0 bridgehead atoms. The fourth-order valence-electron chi connectivity index (χ4n) is 3.69. The smallest absolute Gasteiger partial charge is 0.119 e. The summed E-state index contributed by atoms with van der Waals surface area (Å²) in [6.07, 6.45) is 5.07. The number of hydrogen-bond donors (Lipinski definition) is 1. The molecule has 1 heterocycles. The van der Waals surface area contributed by atoms with Crippen LogP contribution in [-0.2, 0) is 5.41 Å². The van der Waals surface area contributed by atoms with Crippen LogP contribution in [0.15, 0.2) is 24.3 Å². The standard InChI is InChI=1S/C17H27NO/c1-4-7-15-12-18-13-17(15,10-5-2)14-8-6-9-16(11-14)19-3/h6,8-9,11,15,18H,4-5,7,10,12-13H2,1-3H3/t15-,17-/m1/s1. The number of methoxy groups -OCH3 is 1. The Morgan fingerprint density at radius 2 is 2.16 bits per heavy atom. The maximum Gasteiger partial charge on any atom is 0.119 e. The minimum atomic E-state index is 0.305. The molecule has 19 heavy (non-hydrogen) atoms. The molecular formula is C17H27NO. The van der Waals surface area contributed by atoms with Gasteiger partial charge in [-0.3, -0.25) is 0 Å². The predicted octanol–water partition coefficient (Wildman–Crippen LogP) is 3.75. The zero-order valence-corrected chi connectivity index (χ0v) is 12.5. The summed E-state index contributed by atoms with van der Waals surface area (Å²) in [5, 5.41) is 3.63. The van der Waals surface area contributed by atoms with Gasteiger partial charge in [-0.25, -0.2) is 0 Å². The third-order valence-corrected chi connectivity index (χ3v) is 4.59. The van der Waals surface area contributed by atoms with Crippen molar-refractivity contribution in [1.82, 2.24) is 5.32 Å². The minimum Gasteiger partial charge on any atom is -0.497 e. The van der Waals surface area contributed by atoms with E-state index in [4.69, 9.17) is 4.74 Å². The summed E-state index contributed by atoms with van der Waals surface area (Å²) in [6, 6.07) is 8.70. The van der Waals surface area contributed by atoms with Crippen molar-refractivity contribution in [3.63, 3.8) is 0 Å². The summed E-state index contributed by atoms with van der Waals surface area (Å²) < 4.78 is 5.41. The van der Waals surface area contributed by atoms with Crippen LogP contribution in [0.1, 0.15) is 45.1 Å². The first-order valence-corrected chi connectivity index (χ1v) is 7.62. The third kappa shape index (κ3) is 2.79. The average molecular weight is 261 g/mol. The van der Waals surface area contributed by atoms with Crippen LogP contribution >= 0.6 is 0 Å². The van der Waals surface area contributed by atoms with E-state index in [0.717, 1.165) is 24.8 Å². The van der Waals surface area contributed by atoms with Gasteiger partial charge >= 0.3 is 0 Å². The zero-order chi connectivity index (χ0) is 13.7. The zero-order valence-electron chi connectivity index (χ0n) is 12.5. The van der Waals surface area contributed by atoms with E-state index < -0.39 is 0 Å². The second-order valence-corrected chi connectivity index (χ2v) is 5.75. The quantitative estimate of drug-likeness (QED) is 0.842. The lowest BCUT2D eigenvalue weighted by atomic mass is 9.68. The van der Waals surface area contributed by atoms with Gasteiger partial charge in [0.15, 0.2) is 0 Å². The van der Waals surface area contributed by atoms with E-state index >= 15 is 0 Å². The summed E-state index contributed by atoms with van der Waals surface area (Å²) in [7, 11) is 1.75. The molecule has 2 heteroatoms. The highest BCUT2D eigenvalue weighted by atomic mass is 16.5. The highest BCUT2D eigenvalue weighted by molar-refractivity contribution is 5.36. The molecule has 2 nitrogen and oxygen atoms in total. The van der Waals surface area contributed by atoms with Gasteiger partial charge in [0.05, 0.1) is 7.11 Å². The van der Waals surface area contributed by atoms with Crippen molar-refractivity contribution in [2.45, 2.75) is 44.9 Å². The van der Waals surface area contributed by atoms with Gasteiger partial charge in [-0.05, 0) is 43.0 Å². The minimum absolute atomic E-state index is 0.305. The highest BCUT2D eigenvalue weighted by Crippen LogP contribution is 2.42. The van der Waals surface area contributed by atoms with Gasteiger partial charge in [0, 0.05) is 12.0 Å². The Bertz CT molecular complexity index is 404. The second-order valence-electron chi connectivity index (χ2n) is 5.75. The molecule has 1 aliphatic rings. The molecule has 0 spiro atoms. The number of nitrogens with one attached hydrogen (secondary N) is 1. The van der Waals surface area contributed by atoms with E-state index in [0.29, 0.717) is 5.41 Å². The topological polar surface area (TPSA) is 21.3 Å². The number of hydrogen-bond acceptors (Lipinski definition) is 2. The molecule has 106 valence electrons. The Morgan fingerprint density at radius 1 is 1.32 bits per heavy atom. The molecule has 0 aliphatic carbocycles. The molecule has 1 aromatic rings. The van der Waals surface area contributed by atoms with E-state index in [1.54, 1.807) is 7.11 Å². The van der Waals surface area contributed by atoms with Crippen LogP contribution in [0, 0.1) is 5.92 Å². The maximum absolute atomic E-state index is 5.41. The first-order chi connectivity index (χ1) is 9.26. The molecule has 0 amide bonds. The summed E-state index contributed by atoms with van der Waals surface area (Å²) in [5.74, 6) is 1.74. The number of ether oxygens (including phenoxy) is 1. The molecule has 0 radical (unpaired) electrons. The van der Waals surface area contributed by atoms with Crippen LogP contribution in [-0.4, -0.2) is 20.2 Å². The van der Waals surface area contributed by atoms with Crippen molar-refractivity contribution >= 4 is 0 Å². The summed E-state index contributed by atoms with van der Waals surface area (Å²) in [6.45, 7) is 6.85. The van der Waals surface area contributed by atoms with Gasteiger partial charge in [-0.15, -0.1) is 0 Å². The molecule has 1 N–H and O–H groups in total. The van der Waals surface area contributed by atoms with E-state index in [9.17, 15) is 0 Å². The number of benzene rings is 1. The van der Waals surface area contributed by atoms with Crippen LogP contribution in [0.4, 0.5) is 0 Å². The molecule has 2 atom stereocenters. The average Bonchev–Trinajstić information content (AvgIpc) is 2.84. The van der Waals surface area contributed by atoms with Gasteiger partial charge in [0.25, 0.3) is 0 Å². The first-order valence-electron chi connectivity index (χ1n) is 7.62. The van der Waals surface area contributed by atoms with Crippen LogP contribution in [0.3, 0.4) is 0 Å². The first kappa shape index (κ1) is 14.4. The van der Waals surface area contributed by atoms with Crippen LogP contribution in [0.25, 0.3) is 0 Å². The van der Waals surface area contributed by atoms with Crippen molar-refractivity contribution in [2.24, 2.45) is 5.92 Å². The van der Waals surface area contributed by atoms with E-state index in [1.807, 2.05) is 6.07 Å². The van der Waals surface area contributed by atoms with Crippen molar-refractivity contribution in [3.8, 4) is 5.75 Å². The molecule has 1 aromatic carbocycles. The van der Waals surface area contributed by atoms with Gasteiger partial charge in [-0.2, -0.15) is 0 Å².